The molecule has 0 atom stereocenters. The van der Waals surface area contributed by atoms with E-state index >= 15 is 0 Å². The quantitative estimate of drug-likeness (QED) is 0.655. The fourth-order valence-corrected chi connectivity index (χ4v) is 1.17. The molecule has 9 heavy (non-hydrogen) atoms. The van der Waals surface area contributed by atoms with Crippen LogP contribution in [-0.4, -0.2) is 2.78 Å². The highest BCUT2D eigenvalue weighted by molar-refractivity contribution is 14.1. The first-order valence-electron chi connectivity index (χ1n) is 2.24. The molecule has 0 fully saturated rings. The van der Waals surface area contributed by atoms with Gasteiger partial charge in [-0.3, -0.25) is 7.58 Å². The number of hydrogen-bond acceptors (Lipinski definition) is 1. The third kappa shape index (κ3) is 1.92. The fourth-order valence-electron chi connectivity index (χ4n) is 0.438. The minimum absolute atomic E-state index is 0.0301. The molecule has 4 heteroatoms. The average molecular weight is 347 g/mol. The van der Waals surface area contributed by atoms with E-state index < -0.39 is 0 Å². The monoisotopic (exact) mass is 347 g/mol. The molecule has 0 aliphatic heterocycles. The Kier molecular flexibility index (Phi) is 2.50. The van der Waals surface area contributed by atoms with E-state index in [1.165, 1.54) is 2.78 Å². The van der Waals surface area contributed by atoms with Crippen LogP contribution in [0.1, 0.15) is 0 Å². The largest absolute Gasteiger partial charge is 0.269 e. The van der Waals surface area contributed by atoms with Crippen molar-refractivity contribution in [2.24, 2.45) is 0 Å². The van der Waals surface area contributed by atoms with Crippen molar-refractivity contribution in [1.29, 1.82) is 0 Å². The van der Waals surface area contributed by atoms with Crippen LogP contribution in [0.3, 0.4) is 0 Å². The first kappa shape index (κ1) is 7.52. The predicted molar refractivity (Wildman–Crippen MR) is 52.8 cm³/mol. The van der Waals surface area contributed by atoms with Crippen molar-refractivity contribution in [1.82, 2.24) is 2.78 Å². The second-order valence-electron chi connectivity index (χ2n) is 1.49. The van der Waals surface area contributed by atoms with Gasteiger partial charge in [-0.05, 0) is 28.7 Å². The highest BCUT2D eigenvalue weighted by atomic mass is 127. The maximum Gasteiger partial charge on any atom is 0.260 e. The highest BCUT2D eigenvalue weighted by Crippen LogP contribution is 1.99. The molecule has 1 aromatic rings. The summed E-state index contributed by atoms with van der Waals surface area (Å²) < 4.78 is 2.49. The lowest BCUT2D eigenvalue weighted by Gasteiger charge is -1.90. The third-order valence-corrected chi connectivity index (χ3v) is 2.30. The molecule has 0 unspecified atom stereocenters. The number of pyridine rings is 1. The molecule has 1 heterocycles. The zero-order valence-electron chi connectivity index (χ0n) is 4.34. The summed E-state index contributed by atoms with van der Waals surface area (Å²) in [6.07, 6.45) is 1.74. The van der Waals surface area contributed by atoms with Gasteiger partial charge in [0.25, 0.3) is 5.56 Å². The molecule has 2 nitrogen and oxygen atoms in total. The van der Waals surface area contributed by atoms with E-state index in [9.17, 15) is 4.79 Å². The van der Waals surface area contributed by atoms with Gasteiger partial charge in [0, 0.05) is 15.8 Å². The number of hydrogen-bond donors (Lipinski definition) is 0. The first-order valence-corrected chi connectivity index (χ1v) is 4.29. The smallest absolute Gasteiger partial charge is 0.260 e. The first-order chi connectivity index (χ1) is 4.20. The molecule has 0 aromatic carbocycles. The molecule has 0 aliphatic rings. The van der Waals surface area contributed by atoms with Crippen molar-refractivity contribution in [3.05, 3.63) is 32.3 Å². The molecule has 0 aliphatic carbocycles. The van der Waals surface area contributed by atoms with E-state index in [-0.39, 0.29) is 5.56 Å². The maximum atomic E-state index is 10.8. The molecule has 0 N–H and O–H groups in total. The van der Waals surface area contributed by atoms with E-state index in [0.717, 1.165) is 3.57 Å². The van der Waals surface area contributed by atoms with Crippen LogP contribution in [0.25, 0.3) is 0 Å². The van der Waals surface area contributed by atoms with Crippen molar-refractivity contribution in [2.75, 3.05) is 0 Å². The van der Waals surface area contributed by atoms with E-state index in [2.05, 4.69) is 22.6 Å². The predicted octanol–water partition coefficient (Wildman–Crippen LogP) is 1.65. The van der Waals surface area contributed by atoms with Gasteiger partial charge in [-0.1, -0.05) is 0 Å². The highest BCUT2D eigenvalue weighted by Gasteiger charge is 1.89. The van der Waals surface area contributed by atoms with Gasteiger partial charge in [-0.15, -0.1) is 0 Å². The molecular weight excluding hydrogens is 344 g/mol. The summed E-state index contributed by atoms with van der Waals surface area (Å²) >= 11 is 4.05. The molecule has 0 bridgehead atoms. The normalized spacial score (nSPS) is 9.56. The van der Waals surface area contributed by atoms with E-state index in [4.69, 9.17) is 0 Å². The molecule has 0 spiro atoms. The van der Waals surface area contributed by atoms with Gasteiger partial charge in [-0.25, -0.2) is 0 Å². The summed E-state index contributed by atoms with van der Waals surface area (Å²) in [4.78, 5) is 10.8. The average Bonchev–Trinajstić information content (AvgIpc) is 1.80. The minimum atomic E-state index is 0.0301. The van der Waals surface area contributed by atoms with Crippen molar-refractivity contribution < 1.29 is 0 Å². The Morgan fingerprint density at radius 2 is 2.22 bits per heavy atom. The molecule has 0 saturated heterocycles. The fraction of sp³-hybridized carbons (Fsp3) is 0. The number of nitrogens with zero attached hydrogens (tertiary/aromatic N) is 1. The second kappa shape index (κ2) is 3.00. The molecule has 0 amide bonds. The van der Waals surface area contributed by atoms with Crippen LogP contribution in [0, 0.1) is 3.57 Å². The van der Waals surface area contributed by atoms with Crippen LogP contribution in [-0.2, 0) is 0 Å². The van der Waals surface area contributed by atoms with Crippen LogP contribution < -0.4 is 5.56 Å². The zero-order chi connectivity index (χ0) is 6.85. The Labute approximate surface area is 79.9 Å². The third-order valence-electron chi connectivity index (χ3n) is 0.837. The topological polar surface area (TPSA) is 22.0 Å². The summed E-state index contributed by atoms with van der Waals surface area (Å²) in [6, 6.07) is 3.47. The van der Waals surface area contributed by atoms with Crippen LogP contribution in [0.2, 0.25) is 0 Å². The Morgan fingerprint density at radius 1 is 1.56 bits per heavy atom. The van der Waals surface area contributed by atoms with Gasteiger partial charge >= 0.3 is 0 Å². The van der Waals surface area contributed by atoms with Crippen molar-refractivity contribution in [3.63, 3.8) is 0 Å². The number of aromatic nitrogens is 1. The molecule has 0 radical (unpaired) electrons. The van der Waals surface area contributed by atoms with Crippen LogP contribution in [0.5, 0.6) is 0 Å². The maximum absolute atomic E-state index is 10.8. The lowest BCUT2D eigenvalue weighted by atomic mass is 10.5. The second-order valence-corrected chi connectivity index (χ2v) is 3.78. The molecule has 0 saturated carbocycles. The molecule has 1 aromatic heterocycles. The van der Waals surface area contributed by atoms with E-state index in [1.54, 1.807) is 12.3 Å². The van der Waals surface area contributed by atoms with Gasteiger partial charge < -0.3 is 0 Å². The molecule has 48 valence electrons. The van der Waals surface area contributed by atoms with Crippen LogP contribution in [0.15, 0.2) is 23.1 Å². The minimum Gasteiger partial charge on any atom is -0.269 e. The molecule has 1 rings (SSSR count). The number of rotatable bonds is 0. The van der Waals surface area contributed by atoms with Gasteiger partial charge in [-0.2, -0.15) is 0 Å². The lowest BCUT2D eigenvalue weighted by molar-refractivity contribution is 1.19. The lowest BCUT2D eigenvalue weighted by Crippen LogP contribution is -2.09. The summed E-state index contributed by atoms with van der Waals surface area (Å²) in [5.74, 6) is 0. The number of halogens is 2. The summed E-state index contributed by atoms with van der Waals surface area (Å²) in [6.45, 7) is 0. The summed E-state index contributed by atoms with van der Waals surface area (Å²) in [5.41, 5.74) is 0.0301. The van der Waals surface area contributed by atoms with Crippen LogP contribution >= 0.6 is 45.5 Å². The molecular formula is C5H3I2NO. The van der Waals surface area contributed by atoms with Gasteiger partial charge in [0.05, 0.1) is 22.9 Å². The summed E-state index contributed by atoms with van der Waals surface area (Å²) in [5, 5.41) is 0. The van der Waals surface area contributed by atoms with E-state index in [0.29, 0.717) is 0 Å². The van der Waals surface area contributed by atoms with E-state index in [1.807, 2.05) is 28.9 Å². The Hall–Kier alpha value is 0.410. The Morgan fingerprint density at radius 3 is 2.67 bits per heavy atom. The van der Waals surface area contributed by atoms with Gasteiger partial charge in [0.2, 0.25) is 0 Å². The summed E-state index contributed by atoms with van der Waals surface area (Å²) in [7, 11) is 0. The van der Waals surface area contributed by atoms with Crippen molar-refractivity contribution >= 4 is 45.5 Å². The Balaban J connectivity index is 3.34. The van der Waals surface area contributed by atoms with Crippen molar-refractivity contribution in [2.45, 2.75) is 0 Å². The standard InChI is InChI=1S/C5H3I2NO/c6-4-1-2-8(7)5(9)3-4/h1-3H. The van der Waals surface area contributed by atoms with Gasteiger partial charge in [0.1, 0.15) is 0 Å². The SMILES string of the molecule is O=c1cc(I)ccn1I. The van der Waals surface area contributed by atoms with Crippen LogP contribution in [0.4, 0.5) is 0 Å². The van der Waals surface area contributed by atoms with Crippen molar-refractivity contribution in [3.8, 4) is 0 Å². The van der Waals surface area contributed by atoms with Gasteiger partial charge in [0.15, 0.2) is 0 Å². The Bertz CT molecular complexity index is 268. The zero-order valence-corrected chi connectivity index (χ0v) is 8.66.